The number of carbonyl (C=O) groups excluding carboxylic acids is 1. The molecule has 3 aromatic rings. The Kier molecular flexibility index (Phi) is 6.19. The first-order chi connectivity index (χ1) is 15.5. The normalized spacial score (nSPS) is 16.1. The van der Waals surface area contributed by atoms with E-state index < -0.39 is 0 Å². The van der Waals surface area contributed by atoms with Gasteiger partial charge in [0.15, 0.2) is 5.82 Å². The zero-order valence-electron chi connectivity index (χ0n) is 18.3. The topological polar surface area (TPSA) is 98.0 Å². The fourth-order valence-corrected chi connectivity index (χ4v) is 4.16. The summed E-state index contributed by atoms with van der Waals surface area (Å²) in [5.74, 6) is 0.828. The van der Waals surface area contributed by atoms with E-state index in [2.05, 4.69) is 28.0 Å². The highest BCUT2D eigenvalue weighted by Gasteiger charge is 2.24. The molecular weight excluding hydrogens is 404 g/mol. The predicted molar refractivity (Wildman–Crippen MR) is 122 cm³/mol. The van der Waals surface area contributed by atoms with Crippen LogP contribution in [0.1, 0.15) is 29.3 Å². The molecule has 0 aliphatic carbocycles. The Morgan fingerprint density at radius 2 is 2.06 bits per heavy atom. The first-order valence-electron chi connectivity index (χ1n) is 10.8. The number of hydrogen-bond donors (Lipinski definition) is 1. The largest absolute Gasteiger partial charge is 0.341 e. The highest BCUT2D eigenvalue weighted by molar-refractivity contribution is 5.93. The molecule has 0 spiro atoms. The van der Waals surface area contributed by atoms with Crippen LogP contribution >= 0.6 is 0 Å². The minimum atomic E-state index is -0.250. The van der Waals surface area contributed by atoms with E-state index >= 15 is 0 Å². The van der Waals surface area contributed by atoms with Crippen molar-refractivity contribution in [1.29, 1.82) is 5.26 Å². The van der Waals surface area contributed by atoms with Crippen LogP contribution in [0.5, 0.6) is 0 Å². The van der Waals surface area contributed by atoms with E-state index in [9.17, 15) is 9.59 Å². The van der Waals surface area contributed by atoms with Gasteiger partial charge in [-0.3, -0.25) is 14.7 Å². The van der Waals surface area contributed by atoms with Gasteiger partial charge in [-0.1, -0.05) is 19.1 Å². The molecule has 1 saturated heterocycles. The van der Waals surface area contributed by atoms with Crippen LogP contribution in [0.25, 0.3) is 16.9 Å². The van der Waals surface area contributed by atoms with Gasteiger partial charge in [0, 0.05) is 32.5 Å². The summed E-state index contributed by atoms with van der Waals surface area (Å²) in [6.45, 7) is 6.05. The second-order valence-electron chi connectivity index (χ2n) is 8.16. The quantitative estimate of drug-likeness (QED) is 0.648. The van der Waals surface area contributed by atoms with Crippen LogP contribution in [-0.4, -0.2) is 63.7 Å². The molecule has 0 saturated carbocycles. The number of hydrogen-bond acceptors (Lipinski definition) is 5. The lowest BCUT2D eigenvalue weighted by molar-refractivity contribution is 0.0773. The molecule has 2 aromatic heterocycles. The average Bonchev–Trinajstić information content (AvgIpc) is 3.45. The number of nitrogens with zero attached hydrogens (tertiary/aromatic N) is 5. The second kappa shape index (κ2) is 9.20. The number of amides is 1. The lowest BCUT2D eigenvalue weighted by Gasteiger charge is -2.21. The van der Waals surface area contributed by atoms with Gasteiger partial charge in [0.2, 0.25) is 0 Å². The molecule has 8 nitrogen and oxygen atoms in total. The Morgan fingerprint density at radius 1 is 1.28 bits per heavy atom. The molecule has 0 bridgehead atoms. The second-order valence-corrected chi connectivity index (χ2v) is 8.16. The van der Waals surface area contributed by atoms with Crippen molar-refractivity contribution in [2.75, 3.05) is 33.2 Å². The highest BCUT2D eigenvalue weighted by Crippen LogP contribution is 2.18. The van der Waals surface area contributed by atoms with Crippen molar-refractivity contribution in [2.24, 2.45) is 5.92 Å². The van der Waals surface area contributed by atoms with Crippen molar-refractivity contribution >= 4 is 5.91 Å². The highest BCUT2D eigenvalue weighted by atomic mass is 16.2. The lowest BCUT2D eigenvalue weighted by Crippen LogP contribution is -2.33. The number of pyridine rings is 1. The molecule has 1 N–H and O–H groups in total. The molecule has 4 rings (SSSR count). The van der Waals surface area contributed by atoms with Gasteiger partial charge < -0.3 is 9.80 Å². The first kappa shape index (κ1) is 21.5. The van der Waals surface area contributed by atoms with Crippen LogP contribution in [0.3, 0.4) is 0 Å². The molecule has 0 radical (unpaired) electrons. The molecule has 8 heteroatoms. The van der Waals surface area contributed by atoms with Crippen LogP contribution in [-0.2, 0) is 0 Å². The summed E-state index contributed by atoms with van der Waals surface area (Å²) in [4.78, 5) is 34.2. The van der Waals surface area contributed by atoms with Crippen LogP contribution in [0.2, 0.25) is 0 Å². The third-order valence-corrected chi connectivity index (χ3v) is 6.02. The molecule has 1 aliphatic rings. The van der Waals surface area contributed by atoms with Gasteiger partial charge in [0.1, 0.15) is 0 Å². The Hall–Kier alpha value is -3.70. The Balaban J connectivity index is 1.47. The molecule has 1 amide bonds. The summed E-state index contributed by atoms with van der Waals surface area (Å²) in [6, 6.07) is 12.2. The van der Waals surface area contributed by atoms with Crippen molar-refractivity contribution < 1.29 is 4.79 Å². The van der Waals surface area contributed by atoms with E-state index in [0.29, 0.717) is 34.0 Å². The molecule has 1 atom stereocenters. The van der Waals surface area contributed by atoms with Crippen LogP contribution < -0.4 is 5.56 Å². The van der Waals surface area contributed by atoms with E-state index in [1.165, 1.54) is 10.9 Å². The number of likely N-dealkylation sites (tertiary alicyclic amines) is 1. The van der Waals surface area contributed by atoms with Crippen molar-refractivity contribution in [1.82, 2.24) is 24.6 Å². The number of aromatic amines is 1. The molecule has 1 aromatic carbocycles. The number of carbonyl (C=O) groups is 1. The maximum atomic E-state index is 12.8. The minimum Gasteiger partial charge on any atom is -0.341 e. The Labute approximate surface area is 186 Å². The third kappa shape index (κ3) is 4.34. The van der Waals surface area contributed by atoms with Gasteiger partial charge >= 0.3 is 0 Å². The molecule has 1 fully saturated rings. The van der Waals surface area contributed by atoms with Gasteiger partial charge in [0.25, 0.3) is 11.5 Å². The average molecular weight is 431 g/mol. The number of nitriles is 1. The van der Waals surface area contributed by atoms with Crippen molar-refractivity contribution in [3.63, 3.8) is 0 Å². The number of H-pyrrole nitrogens is 1. The number of benzene rings is 1. The maximum Gasteiger partial charge on any atom is 0.280 e. The summed E-state index contributed by atoms with van der Waals surface area (Å²) in [5.41, 5.74) is 1.97. The van der Waals surface area contributed by atoms with E-state index in [-0.39, 0.29) is 11.5 Å². The van der Waals surface area contributed by atoms with Crippen molar-refractivity contribution in [2.45, 2.75) is 13.3 Å². The fraction of sp³-hybridized carbons (Fsp3) is 0.333. The van der Waals surface area contributed by atoms with Crippen molar-refractivity contribution in [3.8, 4) is 23.0 Å². The van der Waals surface area contributed by atoms with Crippen LogP contribution in [0, 0.1) is 17.2 Å². The molecule has 164 valence electrons. The predicted octanol–water partition coefficient (Wildman–Crippen LogP) is 2.51. The van der Waals surface area contributed by atoms with E-state index in [4.69, 9.17) is 5.26 Å². The number of aromatic nitrogens is 3. The third-order valence-electron chi connectivity index (χ3n) is 6.02. The van der Waals surface area contributed by atoms with Crippen molar-refractivity contribution in [3.05, 3.63) is 70.3 Å². The first-order valence-corrected chi connectivity index (χ1v) is 10.8. The van der Waals surface area contributed by atoms with Crippen LogP contribution in [0.4, 0.5) is 0 Å². The Morgan fingerprint density at radius 3 is 2.69 bits per heavy atom. The standard InChI is InChI=1S/C24H26N6O2/c1-3-29-11-10-18(16-29)15-28(2)23(31)20-8-9-22(26-13-20)30-24(32)21(14-27-30)19-6-4-17(12-25)5-7-19/h4-9,13-14,18,27H,3,10-11,15-16H2,1-2H3. The fourth-order valence-electron chi connectivity index (χ4n) is 4.16. The van der Waals surface area contributed by atoms with E-state index in [0.717, 1.165) is 32.6 Å². The van der Waals surface area contributed by atoms with Gasteiger partial charge in [0.05, 0.1) is 22.8 Å². The van der Waals surface area contributed by atoms with Gasteiger partial charge in [-0.15, -0.1) is 0 Å². The zero-order valence-corrected chi connectivity index (χ0v) is 18.3. The van der Waals surface area contributed by atoms with E-state index in [1.54, 1.807) is 47.5 Å². The zero-order chi connectivity index (χ0) is 22.7. The molecule has 3 heterocycles. The van der Waals surface area contributed by atoms with Gasteiger partial charge in [-0.25, -0.2) is 9.67 Å². The van der Waals surface area contributed by atoms with E-state index in [1.807, 2.05) is 7.05 Å². The van der Waals surface area contributed by atoms with Gasteiger partial charge in [-0.05, 0) is 55.3 Å². The lowest BCUT2D eigenvalue weighted by atomic mass is 10.1. The molecular formula is C24H26N6O2. The maximum absolute atomic E-state index is 12.8. The summed E-state index contributed by atoms with van der Waals surface area (Å²) in [6.07, 6.45) is 4.23. The number of nitrogens with one attached hydrogen (secondary N) is 1. The Bertz CT molecular complexity index is 1190. The molecule has 32 heavy (non-hydrogen) atoms. The summed E-state index contributed by atoms with van der Waals surface area (Å²) in [7, 11) is 1.82. The van der Waals surface area contributed by atoms with Gasteiger partial charge in [-0.2, -0.15) is 5.26 Å². The van der Waals surface area contributed by atoms with Crippen LogP contribution in [0.15, 0.2) is 53.6 Å². The summed E-state index contributed by atoms with van der Waals surface area (Å²) >= 11 is 0. The summed E-state index contributed by atoms with van der Waals surface area (Å²) < 4.78 is 1.34. The smallest absolute Gasteiger partial charge is 0.280 e. The molecule has 1 aliphatic heterocycles. The SMILES string of the molecule is CCN1CCC(CN(C)C(=O)c2ccc(-n3[nH]cc(-c4ccc(C#N)cc4)c3=O)nc2)C1. The minimum absolute atomic E-state index is 0.0731. The molecule has 1 unspecified atom stereocenters. The number of rotatable bonds is 6. The summed E-state index contributed by atoms with van der Waals surface area (Å²) in [5, 5.41) is 11.9. The monoisotopic (exact) mass is 430 g/mol.